The van der Waals surface area contributed by atoms with Crippen molar-refractivity contribution in [1.82, 2.24) is 10.2 Å². The van der Waals surface area contributed by atoms with Crippen molar-refractivity contribution < 1.29 is 0 Å². The lowest BCUT2D eigenvalue weighted by Crippen LogP contribution is -2.59. The summed E-state index contributed by atoms with van der Waals surface area (Å²) in [5.74, 6) is 2.59. The Bertz CT molecular complexity index is 283. The SMILES string of the molecule is CCC(C)CN1CC(C2CCCCC2)NCC1CC(C)C. The molecule has 0 aromatic carbocycles. The molecule has 1 N–H and O–H groups in total. The van der Waals surface area contributed by atoms with E-state index in [1.807, 2.05) is 0 Å². The number of nitrogens with zero attached hydrogens (tertiary/aromatic N) is 1. The van der Waals surface area contributed by atoms with Gasteiger partial charge >= 0.3 is 0 Å². The van der Waals surface area contributed by atoms with Crippen LogP contribution in [0.5, 0.6) is 0 Å². The molecule has 2 aliphatic rings. The summed E-state index contributed by atoms with van der Waals surface area (Å²) in [6, 6.07) is 1.52. The van der Waals surface area contributed by atoms with Gasteiger partial charge in [-0.1, -0.05) is 53.4 Å². The van der Waals surface area contributed by atoms with Gasteiger partial charge in [-0.3, -0.25) is 4.90 Å². The van der Waals surface area contributed by atoms with Crippen LogP contribution in [0.1, 0.15) is 72.6 Å². The van der Waals surface area contributed by atoms with Gasteiger partial charge in [0, 0.05) is 31.7 Å². The summed E-state index contributed by atoms with van der Waals surface area (Å²) in [7, 11) is 0. The molecule has 1 saturated heterocycles. The van der Waals surface area contributed by atoms with Crippen LogP contribution >= 0.6 is 0 Å². The van der Waals surface area contributed by atoms with Crippen molar-refractivity contribution in [3.8, 4) is 0 Å². The molecule has 0 amide bonds. The molecule has 1 heterocycles. The van der Waals surface area contributed by atoms with E-state index in [2.05, 4.69) is 37.9 Å². The predicted octanol–water partition coefficient (Wildman–Crippen LogP) is 4.30. The van der Waals surface area contributed by atoms with Crippen molar-refractivity contribution in [2.75, 3.05) is 19.6 Å². The second-order valence-electron chi connectivity index (χ2n) is 8.16. The van der Waals surface area contributed by atoms with E-state index in [0.717, 1.165) is 29.8 Å². The minimum absolute atomic E-state index is 0.762. The topological polar surface area (TPSA) is 15.3 Å². The second kappa shape index (κ2) is 8.53. The smallest absolute Gasteiger partial charge is 0.0224 e. The van der Waals surface area contributed by atoms with Crippen LogP contribution in [0.4, 0.5) is 0 Å². The largest absolute Gasteiger partial charge is 0.311 e. The third-order valence-electron chi connectivity index (χ3n) is 5.77. The summed E-state index contributed by atoms with van der Waals surface area (Å²) in [6.07, 6.45) is 9.98. The van der Waals surface area contributed by atoms with Crippen LogP contribution in [-0.2, 0) is 0 Å². The monoisotopic (exact) mass is 294 g/mol. The maximum absolute atomic E-state index is 3.92. The second-order valence-corrected chi connectivity index (χ2v) is 8.16. The molecule has 2 rings (SSSR count). The van der Waals surface area contributed by atoms with E-state index < -0.39 is 0 Å². The first-order valence-electron chi connectivity index (χ1n) is 9.57. The molecule has 0 aromatic rings. The maximum Gasteiger partial charge on any atom is 0.0224 e. The van der Waals surface area contributed by atoms with Crippen molar-refractivity contribution in [3.63, 3.8) is 0 Å². The van der Waals surface area contributed by atoms with Crippen LogP contribution < -0.4 is 5.32 Å². The van der Waals surface area contributed by atoms with Crippen LogP contribution in [-0.4, -0.2) is 36.6 Å². The van der Waals surface area contributed by atoms with Gasteiger partial charge in [0.1, 0.15) is 0 Å². The first-order chi connectivity index (χ1) is 10.1. The predicted molar refractivity (Wildman–Crippen MR) is 92.6 cm³/mol. The van der Waals surface area contributed by atoms with Crippen LogP contribution in [0.25, 0.3) is 0 Å². The lowest BCUT2D eigenvalue weighted by molar-refractivity contribution is 0.0722. The zero-order valence-corrected chi connectivity index (χ0v) is 14.9. The summed E-state index contributed by atoms with van der Waals surface area (Å²) in [4.78, 5) is 2.84. The zero-order chi connectivity index (χ0) is 15.2. The van der Waals surface area contributed by atoms with Gasteiger partial charge in [0.05, 0.1) is 0 Å². The summed E-state index contributed by atoms with van der Waals surface area (Å²) in [6.45, 7) is 13.3. The first-order valence-corrected chi connectivity index (χ1v) is 9.57. The minimum atomic E-state index is 0.762. The Labute approximate surface area is 133 Å². The molecule has 2 heteroatoms. The molecule has 1 aliphatic heterocycles. The average Bonchev–Trinajstić information content (AvgIpc) is 2.49. The molecule has 21 heavy (non-hydrogen) atoms. The molecule has 3 unspecified atom stereocenters. The van der Waals surface area contributed by atoms with Gasteiger partial charge in [0.15, 0.2) is 0 Å². The maximum atomic E-state index is 3.92. The highest BCUT2D eigenvalue weighted by molar-refractivity contribution is 4.91. The van der Waals surface area contributed by atoms with Gasteiger partial charge in [-0.05, 0) is 37.0 Å². The number of rotatable bonds is 6. The van der Waals surface area contributed by atoms with Crippen LogP contribution in [0.3, 0.4) is 0 Å². The molecule has 3 atom stereocenters. The summed E-state index contributed by atoms with van der Waals surface area (Å²) in [5, 5.41) is 3.92. The van der Waals surface area contributed by atoms with Crippen LogP contribution in [0, 0.1) is 17.8 Å². The molecule has 2 nitrogen and oxygen atoms in total. The van der Waals surface area contributed by atoms with Gasteiger partial charge in [-0.2, -0.15) is 0 Å². The molecule has 1 saturated carbocycles. The Morgan fingerprint density at radius 2 is 1.81 bits per heavy atom. The first kappa shape index (κ1) is 17.3. The summed E-state index contributed by atoms with van der Waals surface area (Å²) >= 11 is 0. The molecule has 0 radical (unpaired) electrons. The standard InChI is InChI=1S/C19H38N2/c1-5-16(4)13-21-14-19(17-9-7-6-8-10-17)20-12-18(21)11-15(2)3/h15-20H,5-14H2,1-4H3. The average molecular weight is 295 g/mol. The van der Waals surface area contributed by atoms with Crippen molar-refractivity contribution in [3.05, 3.63) is 0 Å². The van der Waals surface area contributed by atoms with Crippen LogP contribution in [0.15, 0.2) is 0 Å². The van der Waals surface area contributed by atoms with Gasteiger partial charge in [0.2, 0.25) is 0 Å². The van der Waals surface area contributed by atoms with Crippen molar-refractivity contribution in [2.45, 2.75) is 84.7 Å². The number of piperazine rings is 1. The van der Waals surface area contributed by atoms with Gasteiger partial charge in [-0.15, -0.1) is 0 Å². The van der Waals surface area contributed by atoms with Gasteiger partial charge < -0.3 is 5.32 Å². The lowest BCUT2D eigenvalue weighted by Gasteiger charge is -2.45. The van der Waals surface area contributed by atoms with Crippen molar-refractivity contribution in [1.29, 1.82) is 0 Å². The third-order valence-corrected chi connectivity index (χ3v) is 5.77. The molecular weight excluding hydrogens is 256 g/mol. The molecule has 0 spiro atoms. The molecule has 2 fully saturated rings. The Morgan fingerprint density at radius 3 is 2.43 bits per heavy atom. The van der Waals surface area contributed by atoms with E-state index in [0.29, 0.717) is 0 Å². The molecule has 0 aromatic heterocycles. The fourth-order valence-corrected chi connectivity index (χ4v) is 4.26. The number of nitrogens with one attached hydrogen (secondary N) is 1. The lowest BCUT2D eigenvalue weighted by atomic mass is 9.82. The van der Waals surface area contributed by atoms with Crippen LogP contribution in [0.2, 0.25) is 0 Å². The van der Waals surface area contributed by atoms with E-state index in [1.165, 1.54) is 64.6 Å². The Morgan fingerprint density at radius 1 is 1.10 bits per heavy atom. The number of hydrogen-bond donors (Lipinski definition) is 1. The van der Waals surface area contributed by atoms with E-state index in [1.54, 1.807) is 0 Å². The summed E-state index contributed by atoms with van der Waals surface area (Å²) < 4.78 is 0. The number of hydrogen-bond acceptors (Lipinski definition) is 2. The third kappa shape index (κ3) is 5.25. The fraction of sp³-hybridized carbons (Fsp3) is 1.00. The molecule has 124 valence electrons. The van der Waals surface area contributed by atoms with E-state index in [4.69, 9.17) is 0 Å². The molecular formula is C19H38N2. The Kier molecular flexibility index (Phi) is 7.01. The highest BCUT2D eigenvalue weighted by Crippen LogP contribution is 2.29. The highest BCUT2D eigenvalue weighted by atomic mass is 15.2. The van der Waals surface area contributed by atoms with Gasteiger partial charge in [0.25, 0.3) is 0 Å². The zero-order valence-electron chi connectivity index (χ0n) is 14.9. The summed E-state index contributed by atoms with van der Waals surface area (Å²) in [5.41, 5.74) is 0. The van der Waals surface area contributed by atoms with Crippen molar-refractivity contribution in [2.24, 2.45) is 17.8 Å². The minimum Gasteiger partial charge on any atom is -0.311 e. The molecule has 0 bridgehead atoms. The fourth-order valence-electron chi connectivity index (χ4n) is 4.26. The Hall–Kier alpha value is -0.0800. The highest BCUT2D eigenvalue weighted by Gasteiger charge is 2.33. The van der Waals surface area contributed by atoms with Gasteiger partial charge in [-0.25, -0.2) is 0 Å². The van der Waals surface area contributed by atoms with E-state index in [-0.39, 0.29) is 0 Å². The van der Waals surface area contributed by atoms with E-state index in [9.17, 15) is 0 Å². The quantitative estimate of drug-likeness (QED) is 0.785. The normalized spacial score (nSPS) is 30.7. The molecule has 1 aliphatic carbocycles. The Balaban J connectivity index is 1.94. The van der Waals surface area contributed by atoms with E-state index >= 15 is 0 Å². The van der Waals surface area contributed by atoms with Crippen molar-refractivity contribution >= 4 is 0 Å².